The topological polar surface area (TPSA) is 82.3 Å². The standard InChI is InChI=1S/C16H16N2O4/c1-3-22-16(19)15(13-8-9-17-11(2)10-13)12-4-6-14(7-5-12)18(20)21/h4-10,15H,3H2,1-2H3. The van der Waals surface area contributed by atoms with Crippen LogP contribution in [0.1, 0.15) is 29.7 Å². The smallest absolute Gasteiger partial charge is 0.317 e. The van der Waals surface area contributed by atoms with Crippen molar-refractivity contribution in [3.05, 3.63) is 69.5 Å². The molecule has 0 radical (unpaired) electrons. The number of aromatic nitrogens is 1. The van der Waals surface area contributed by atoms with Crippen LogP contribution in [0.25, 0.3) is 0 Å². The van der Waals surface area contributed by atoms with E-state index < -0.39 is 10.8 Å². The molecule has 0 fully saturated rings. The molecule has 1 unspecified atom stereocenters. The molecule has 1 atom stereocenters. The summed E-state index contributed by atoms with van der Waals surface area (Å²) in [7, 11) is 0. The van der Waals surface area contributed by atoms with Crippen molar-refractivity contribution < 1.29 is 14.5 Å². The van der Waals surface area contributed by atoms with Crippen LogP contribution in [-0.4, -0.2) is 22.5 Å². The van der Waals surface area contributed by atoms with Gasteiger partial charge in [-0.3, -0.25) is 19.9 Å². The van der Waals surface area contributed by atoms with Crippen molar-refractivity contribution in [1.82, 2.24) is 4.98 Å². The van der Waals surface area contributed by atoms with Gasteiger partial charge in [-0.05, 0) is 37.1 Å². The fraction of sp³-hybridized carbons (Fsp3) is 0.250. The highest BCUT2D eigenvalue weighted by atomic mass is 16.6. The summed E-state index contributed by atoms with van der Waals surface area (Å²) < 4.78 is 5.14. The van der Waals surface area contributed by atoms with Gasteiger partial charge in [0.1, 0.15) is 5.92 Å². The van der Waals surface area contributed by atoms with Gasteiger partial charge in [-0.15, -0.1) is 0 Å². The SMILES string of the molecule is CCOC(=O)C(c1ccc([N+](=O)[O-])cc1)c1ccnc(C)c1. The Morgan fingerprint density at radius 1 is 1.27 bits per heavy atom. The van der Waals surface area contributed by atoms with Crippen LogP contribution in [0.15, 0.2) is 42.6 Å². The summed E-state index contributed by atoms with van der Waals surface area (Å²) in [6.07, 6.45) is 1.63. The van der Waals surface area contributed by atoms with E-state index in [1.54, 1.807) is 31.3 Å². The monoisotopic (exact) mass is 300 g/mol. The molecule has 0 saturated heterocycles. The second kappa shape index (κ2) is 6.80. The summed E-state index contributed by atoms with van der Waals surface area (Å²) in [5.41, 5.74) is 2.17. The van der Waals surface area contributed by atoms with E-state index in [1.807, 2.05) is 13.0 Å². The summed E-state index contributed by atoms with van der Waals surface area (Å²) in [4.78, 5) is 26.7. The molecule has 0 N–H and O–H groups in total. The molecule has 0 bridgehead atoms. The quantitative estimate of drug-likeness (QED) is 0.481. The molecule has 6 nitrogen and oxygen atoms in total. The summed E-state index contributed by atoms with van der Waals surface area (Å²) in [6, 6.07) is 9.48. The lowest BCUT2D eigenvalue weighted by atomic mass is 9.91. The van der Waals surface area contributed by atoms with Crippen LogP contribution in [-0.2, 0) is 9.53 Å². The van der Waals surface area contributed by atoms with Gasteiger partial charge in [0.25, 0.3) is 5.69 Å². The third-order valence-electron chi connectivity index (χ3n) is 3.21. The maximum Gasteiger partial charge on any atom is 0.317 e. The molecule has 1 aromatic heterocycles. The number of carbonyl (C=O) groups excluding carboxylic acids is 1. The molecular weight excluding hydrogens is 284 g/mol. The number of nitrogens with zero attached hydrogens (tertiary/aromatic N) is 2. The zero-order valence-electron chi connectivity index (χ0n) is 12.4. The van der Waals surface area contributed by atoms with Gasteiger partial charge in [-0.2, -0.15) is 0 Å². The molecule has 6 heteroatoms. The van der Waals surface area contributed by atoms with Crippen LogP contribution in [0.3, 0.4) is 0 Å². The van der Waals surface area contributed by atoms with Crippen molar-refractivity contribution in [2.24, 2.45) is 0 Å². The molecule has 114 valence electrons. The second-order valence-electron chi connectivity index (χ2n) is 4.76. The average molecular weight is 300 g/mol. The van der Waals surface area contributed by atoms with Crippen LogP contribution >= 0.6 is 0 Å². The number of hydrogen-bond donors (Lipinski definition) is 0. The van der Waals surface area contributed by atoms with Gasteiger partial charge >= 0.3 is 5.97 Å². The Kier molecular flexibility index (Phi) is 4.83. The van der Waals surface area contributed by atoms with Crippen molar-refractivity contribution >= 4 is 11.7 Å². The van der Waals surface area contributed by atoms with Gasteiger partial charge in [0.05, 0.1) is 11.5 Å². The van der Waals surface area contributed by atoms with Gasteiger partial charge < -0.3 is 4.74 Å². The minimum absolute atomic E-state index is 0.0164. The Morgan fingerprint density at radius 3 is 2.50 bits per heavy atom. The molecule has 22 heavy (non-hydrogen) atoms. The predicted molar refractivity (Wildman–Crippen MR) is 80.5 cm³/mol. The molecule has 0 aliphatic rings. The van der Waals surface area contributed by atoms with Crippen LogP contribution in [0.2, 0.25) is 0 Å². The van der Waals surface area contributed by atoms with E-state index in [1.165, 1.54) is 12.1 Å². The number of benzene rings is 1. The second-order valence-corrected chi connectivity index (χ2v) is 4.76. The van der Waals surface area contributed by atoms with E-state index >= 15 is 0 Å². The highest BCUT2D eigenvalue weighted by Crippen LogP contribution is 2.28. The number of hydrogen-bond acceptors (Lipinski definition) is 5. The lowest BCUT2D eigenvalue weighted by molar-refractivity contribution is -0.384. The predicted octanol–water partition coefficient (Wildman–Crippen LogP) is 2.99. The number of nitro benzene ring substituents is 1. The van der Waals surface area contributed by atoms with Crippen LogP contribution in [0.4, 0.5) is 5.69 Å². The summed E-state index contributed by atoms with van der Waals surface area (Å²) in [6.45, 7) is 3.84. The van der Waals surface area contributed by atoms with E-state index in [4.69, 9.17) is 4.74 Å². The van der Waals surface area contributed by atoms with Crippen molar-refractivity contribution in [1.29, 1.82) is 0 Å². The van der Waals surface area contributed by atoms with E-state index in [9.17, 15) is 14.9 Å². The molecule has 0 aliphatic carbocycles. The minimum Gasteiger partial charge on any atom is -0.465 e. The number of non-ortho nitro benzene ring substituents is 1. The number of aryl methyl sites for hydroxylation is 1. The Balaban J connectivity index is 2.44. The molecule has 0 aliphatic heterocycles. The first-order valence-corrected chi connectivity index (χ1v) is 6.86. The fourth-order valence-electron chi connectivity index (χ4n) is 2.23. The van der Waals surface area contributed by atoms with E-state index in [0.29, 0.717) is 5.56 Å². The first kappa shape index (κ1) is 15.6. The summed E-state index contributed by atoms with van der Waals surface area (Å²) in [5.74, 6) is -1.01. The number of nitro groups is 1. The van der Waals surface area contributed by atoms with Gasteiger partial charge in [0.2, 0.25) is 0 Å². The highest BCUT2D eigenvalue weighted by Gasteiger charge is 2.25. The zero-order valence-corrected chi connectivity index (χ0v) is 12.4. The Morgan fingerprint density at radius 2 is 1.95 bits per heavy atom. The van der Waals surface area contributed by atoms with Crippen LogP contribution < -0.4 is 0 Å². The molecule has 0 saturated carbocycles. The third kappa shape index (κ3) is 3.46. The number of esters is 1. The average Bonchev–Trinajstić information content (AvgIpc) is 2.48. The maximum atomic E-state index is 12.3. The zero-order chi connectivity index (χ0) is 16.1. The van der Waals surface area contributed by atoms with Gasteiger partial charge in [0.15, 0.2) is 0 Å². The third-order valence-corrected chi connectivity index (χ3v) is 3.21. The van der Waals surface area contributed by atoms with Crippen molar-refractivity contribution in [3.63, 3.8) is 0 Å². The number of carbonyl (C=O) groups is 1. The fourth-order valence-corrected chi connectivity index (χ4v) is 2.23. The maximum absolute atomic E-state index is 12.3. The Labute approximate surface area is 127 Å². The number of pyridine rings is 1. The molecule has 0 spiro atoms. The number of rotatable bonds is 5. The largest absolute Gasteiger partial charge is 0.465 e. The lowest BCUT2D eigenvalue weighted by Gasteiger charge is -2.16. The van der Waals surface area contributed by atoms with Crippen molar-refractivity contribution in [3.8, 4) is 0 Å². The number of ether oxygens (including phenoxy) is 1. The lowest BCUT2D eigenvalue weighted by Crippen LogP contribution is -2.17. The highest BCUT2D eigenvalue weighted by molar-refractivity contribution is 5.82. The van der Waals surface area contributed by atoms with Crippen LogP contribution in [0.5, 0.6) is 0 Å². The summed E-state index contributed by atoms with van der Waals surface area (Å²) >= 11 is 0. The van der Waals surface area contributed by atoms with Crippen molar-refractivity contribution in [2.45, 2.75) is 19.8 Å². The van der Waals surface area contributed by atoms with Gasteiger partial charge in [-0.25, -0.2) is 0 Å². The molecule has 2 rings (SSSR count). The molecular formula is C16H16N2O4. The Hall–Kier alpha value is -2.76. The van der Waals surface area contributed by atoms with Crippen molar-refractivity contribution in [2.75, 3.05) is 6.61 Å². The normalized spacial score (nSPS) is 11.7. The molecule has 0 amide bonds. The van der Waals surface area contributed by atoms with E-state index in [0.717, 1.165) is 11.3 Å². The first-order valence-electron chi connectivity index (χ1n) is 6.86. The first-order chi connectivity index (χ1) is 10.5. The van der Waals surface area contributed by atoms with Gasteiger partial charge in [0, 0.05) is 24.0 Å². The van der Waals surface area contributed by atoms with E-state index in [2.05, 4.69) is 4.98 Å². The summed E-state index contributed by atoms with van der Waals surface area (Å²) in [5, 5.41) is 10.7. The Bertz CT molecular complexity index is 683. The minimum atomic E-state index is -0.623. The van der Waals surface area contributed by atoms with Crippen LogP contribution in [0, 0.1) is 17.0 Å². The molecule has 2 aromatic rings. The molecule has 1 heterocycles. The van der Waals surface area contributed by atoms with E-state index in [-0.39, 0.29) is 18.3 Å². The van der Waals surface area contributed by atoms with Gasteiger partial charge in [-0.1, -0.05) is 12.1 Å². The molecule has 1 aromatic carbocycles.